The normalized spacial score (nSPS) is 12.2. The zero-order valence-corrected chi connectivity index (χ0v) is 18.4. The number of nitrogens with one attached hydrogen (secondary N) is 2. The molecule has 0 radical (unpaired) electrons. The van der Waals surface area contributed by atoms with E-state index in [1.54, 1.807) is 18.2 Å². The summed E-state index contributed by atoms with van der Waals surface area (Å²) in [5, 5.41) is 2.51. The van der Waals surface area contributed by atoms with Crippen LogP contribution in [-0.2, 0) is 14.8 Å². The largest absolute Gasteiger partial charge is 0.325 e. The first kappa shape index (κ1) is 21.8. The number of benzene rings is 2. The Labute approximate surface area is 180 Å². The molecule has 0 aliphatic carbocycles. The highest BCUT2D eigenvalue weighted by Crippen LogP contribution is 2.28. The van der Waals surface area contributed by atoms with E-state index in [1.807, 2.05) is 32.9 Å². The first-order valence-electron chi connectivity index (χ1n) is 9.19. The summed E-state index contributed by atoms with van der Waals surface area (Å²) in [5.74, 6) is -0.168. The van der Waals surface area contributed by atoms with Crippen molar-refractivity contribution in [2.24, 2.45) is 0 Å². The predicted molar refractivity (Wildman–Crippen MR) is 119 cm³/mol. The molecule has 1 amide bonds. The van der Waals surface area contributed by atoms with Crippen molar-refractivity contribution in [3.63, 3.8) is 0 Å². The monoisotopic (exact) mass is 442 g/mol. The Hall–Kier alpha value is -2.91. The Balaban J connectivity index is 1.64. The van der Waals surface area contributed by atoms with Gasteiger partial charge in [-0.2, -0.15) is 0 Å². The van der Waals surface area contributed by atoms with Gasteiger partial charge in [-0.1, -0.05) is 17.7 Å². The molecule has 0 saturated carbocycles. The highest BCUT2D eigenvalue weighted by molar-refractivity contribution is 8.00. The van der Waals surface area contributed by atoms with Crippen LogP contribution in [0.15, 0.2) is 70.7 Å². The van der Waals surface area contributed by atoms with Gasteiger partial charge in [0.2, 0.25) is 11.9 Å². The first-order valence-corrected chi connectivity index (χ1v) is 11.6. The van der Waals surface area contributed by atoms with Crippen molar-refractivity contribution in [1.82, 2.24) is 9.97 Å². The molecule has 1 unspecified atom stereocenters. The fourth-order valence-electron chi connectivity index (χ4n) is 2.67. The molecule has 7 nitrogen and oxygen atoms in total. The van der Waals surface area contributed by atoms with Crippen molar-refractivity contribution in [2.75, 3.05) is 10.0 Å². The predicted octanol–water partition coefficient (Wildman–Crippen LogP) is 4.01. The van der Waals surface area contributed by atoms with Crippen LogP contribution in [0.25, 0.3) is 0 Å². The summed E-state index contributed by atoms with van der Waals surface area (Å²) in [6.45, 7) is 5.89. The molecular formula is C21H22N4O3S2. The molecule has 2 N–H and O–H groups in total. The number of nitrogens with zero attached hydrogens (tertiary/aromatic N) is 2. The van der Waals surface area contributed by atoms with Crippen LogP contribution in [0.5, 0.6) is 0 Å². The highest BCUT2D eigenvalue weighted by atomic mass is 32.2. The molecule has 0 bridgehead atoms. The van der Waals surface area contributed by atoms with Crippen LogP contribution in [-0.4, -0.2) is 29.5 Å². The summed E-state index contributed by atoms with van der Waals surface area (Å²) >= 11 is 1.48. The Kier molecular flexibility index (Phi) is 6.73. The number of carbonyl (C=O) groups excluding carboxylic acids is 1. The smallest absolute Gasteiger partial charge is 0.264 e. The van der Waals surface area contributed by atoms with Crippen LogP contribution in [0.4, 0.5) is 11.6 Å². The lowest BCUT2D eigenvalue weighted by Gasteiger charge is -2.14. The Morgan fingerprint density at radius 2 is 1.70 bits per heavy atom. The maximum atomic E-state index is 12.5. The summed E-state index contributed by atoms with van der Waals surface area (Å²) in [4.78, 5) is 21.3. The van der Waals surface area contributed by atoms with Gasteiger partial charge in [-0.3, -0.25) is 4.79 Å². The standard InChI is InChI=1S/C21H22N4O3S2/c1-14-5-10-19(15(2)13-14)29-16(3)20(26)24-17-6-8-18(9-7-17)30(27,28)25-21-22-11-4-12-23-21/h4-13,16H,1-3H3,(H,24,26)(H,22,23,25). The lowest BCUT2D eigenvalue weighted by Crippen LogP contribution is -2.22. The topological polar surface area (TPSA) is 101 Å². The third-order valence-electron chi connectivity index (χ3n) is 4.23. The van der Waals surface area contributed by atoms with Crippen LogP contribution < -0.4 is 10.0 Å². The Morgan fingerprint density at radius 1 is 1.03 bits per heavy atom. The minimum atomic E-state index is -3.82. The molecule has 3 aromatic rings. The molecule has 0 aliphatic rings. The van der Waals surface area contributed by atoms with Gasteiger partial charge in [-0.15, -0.1) is 11.8 Å². The number of aromatic nitrogens is 2. The van der Waals surface area contributed by atoms with Gasteiger partial charge in [0.05, 0.1) is 10.1 Å². The summed E-state index contributed by atoms with van der Waals surface area (Å²) in [6, 6.07) is 13.6. The van der Waals surface area contributed by atoms with Crippen molar-refractivity contribution in [3.05, 3.63) is 72.1 Å². The Bertz CT molecular complexity index is 1130. The van der Waals surface area contributed by atoms with E-state index in [2.05, 4.69) is 26.1 Å². The SMILES string of the molecule is Cc1ccc(SC(C)C(=O)Nc2ccc(S(=O)(=O)Nc3ncccn3)cc2)c(C)c1. The lowest BCUT2D eigenvalue weighted by molar-refractivity contribution is -0.115. The van der Waals surface area contributed by atoms with Gasteiger partial charge in [0.25, 0.3) is 10.0 Å². The van der Waals surface area contributed by atoms with Crippen LogP contribution in [0.1, 0.15) is 18.1 Å². The summed E-state index contributed by atoms with van der Waals surface area (Å²) in [7, 11) is -3.82. The molecule has 30 heavy (non-hydrogen) atoms. The number of hydrogen-bond acceptors (Lipinski definition) is 6. The molecule has 2 aromatic carbocycles. The average molecular weight is 443 g/mol. The van der Waals surface area contributed by atoms with Crippen LogP contribution >= 0.6 is 11.8 Å². The molecule has 0 fully saturated rings. The van der Waals surface area contributed by atoms with Gasteiger partial charge in [-0.25, -0.2) is 23.1 Å². The van der Waals surface area contributed by atoms with Gasteiger partial charge in [0.1, 0.15) is 0 Å². The summed E-state index contributed by atoms with van der Waals surface area (Å²) in [5.41, 5.74) is 2.82. The number of thioether (sulfide) groups is 1. The third-order valence-corrected chi connectivity index (χ3v) is 6.85. The van der Waals surface area contributed by atoms with E-state index in [1.165, 1.54) is 41.9 Å². The minimum absolute atomic E-state index is 0.00729. The molecule has 1 aromatic heterocycles. The molecule has 3 rings (SSSR count). The average Bonchev–Trinajstić information content (AvgIpc) is 2.71. The molecule has 1 atom stereocenters. The second-order valence-electron chi connectivity index (χ2n) is 6.72. The van der Waals surface area contributed by atoms with E-state index in [0.29, 0.717) is 5.69 Å². The van der Waals surface area contributed by atoms with Gasteiger partial charge in [-0.05, 0) is 62.7 Å². The summed E-state index contributed by atoms with van der Waals surface area (Å²) < 4.78 is 27.1. The number of hydrogen-bond donors (Lipinski definition) is 2. The van der Waals surface area contributed by atoms with E-state index >= 15 is 0 Å². The number of amides is 1. The van der Waals surface area contributed by atoms with Gasteiger partial charge < -0.3 is 5.32 Å². The Morgan fingerprint density at radius 3 is 2.33 bits per heavy atom. The van der Waals surface area contributed by atoms with Crippen LogP contribution in [0, 0.1) is 13.8 Å². The highest BCUT2D eigenvalue weighted by Gasteiger charge is 2.18. The third kappa shape index (κ3) is 5.58. The molecule has 0 saturated heterocycles. The second-order valence-corrected chi connectivity index (χ2v) is 9.79. The fraction of sp³-hybridized carbons (Fsp3) is 0.190. The van der Waals surface area contributed by atoms with Gasteiger partial charge >= 0.3 is 0 Å². The first-order chi connectivity index (χ1) is 14.2. The number of aryl methyl sites for hydroxylation is 2. The maximum absolute atomic E-state index is 12.5. The number of sulfonamides is 1. The van der Waals surface area contributed by atoms with Crippen molar-refractivity contribution in [3.8, 4) is 0 Å². The maximum Gasteiger partial charge on any atom is 0.264 e. The van der Waals surface area contributed by atoms with Crippen molar-refractivity contribution >= 4 is 39.3 Å². The second kappa shape index (κ2) is 9.27. The van der Waals surface area contributed by atoms with Crippen molar-refractivity contribution in [1.29, 1.82) is 0 Å². The lowest BCUT2D eigenvalue weighted by atomic mass is 10.2. The zero-order chi connectivity index (χ0) is 21.7. The van der Waals surface area contributed by atoms with Crippen molar-refractivity contribution in [2.45, 2.75) is 35.8 Å². The molecule has 156 valence electrons. The van der Waals surface area contributed by atoms with Gasteiger partial charge in [0, 0.05) is 23.0 Å². The van der Waals surface area contributed by atoms with E-state index < -0.39 is 10.0 Å². The fourth-order valence-corrected chi connectivity index (χ4v) is 4.56. The number of rotatable bonds is 7. The molecule has 9 heteroatoms. The molecule has 1 heterocycles. The van der Waals surface area contributed by atoms with E-state index in [9.17, 15) is 13.2 Å². The van der Waals surface area contributed by atoms with E-state index in [-0.39, 0.29) is 22.0 Å². The molecule has 0 aliphatic heterocycles. The van der Waals surface area contributed by atoms with E-state index in [0.717, 1.165) is 10.5 Å². The quantitative estimate of drug-likeness (QED) is 0.536. The summed E-state index contributed by atoms with van der Waals surface area (Å²) in [6.07, 6.45) is 2.89. The zero-order valence-electron chi connectivity index (χ0n) is 16.8. The minimum Gasteiger partial charge on any atom is -0.325 e. The van der Waals surface area contributed by atoms with Crippen LogP contribution in [0.3, 0.4) is 0 Å². The van der Waals surface area contributed by atoms with Crippen molar-refractivity contribution < 1.29 is 13.2 Å². The molecule has 0 spiro atoms. The van der Waals surface area contributed by atoms with Crippen LogP contribution in [0.2, 0.25) is 0 Å². The number of anilines is 2. The van der Waals surface area contributed by atoms with Gasteiger partial charge in [0.15, 0.2) is 0 Å². The number of carbonyl (C=O) groups is 1. The molecular weight excluding hydrogens is 420 g/mol. The van der Waals surface area contributed by atoms with E-state index in [4.69, 9.17) is 0 Å².